The second-order valence-electron chi connectivity index (χ2n) is 7.86. The number of carbonyl (C=O) groups excluding carboxylic acids is 1. The fourth-order valence-electron chi connectivity index (χ4n) is 3.45. The predicted molar refractivity (Wildman–Crippen MR) is 122 cm³/mol. The summed E-state index contributed by atoms with van der Waals surface area (Å²) in [5, 5.41) is 7.47. The average Bonchev–Trinajstić information content (AvgIpc) is 3.19. The van der Waals surface area contributed by atoms with Gasteiger partial charge in [-0.25, -0.2) is 4.68 Å². The Morgan fingerprint density at radius 1 is 1.09 bits per heavy atom. The van der Waals surface area contributed by atoms with Crippen molar-refractivity contribution >= 4 is 5.91 Å². The molecule has 9 heteroatoms. The maximum atomic E-state index is 12.4. The molecule has 0 aliphatic carbocycles. The Kier molecular flexibility index (Phi) is 8.56. The van der Waals surface area contributed by atoms with Gasteiger partial charge in [0.25, 0.3) is 0 Å². The van der Waals surface area contributed by atoms with Gasteiger partial charge in [0.2, 0.25) is 5.91 Å². The van der Waals surface area contributed by atoms with E-state index >= 15 is 0 Å². The summed E-state index contributed by atoms with van der Waals surface area (Å²) in [4.78, 5) is 12.2. The molecule has 0 saturated heterocycles. The van der Waals surface area contributed by atoms with Crippen LogP contribution in [0.2, 0.25) is 0 Å². The second kappa shape index (κ2) is 11.6. The molecule has 0 radical (unpaired) electrons. The maximum Gasteiger partial charge on any atom is 0.422 e. The van der Waals surface area contributed by atoms with Crippen LogP contribution >= 0.6 is 0 Å². The van der Waals surface area contributed by atoms with E-state index in [1.165, 1.54) is 13.2 Å². The highest BCUT2D eigenvalue weighted by Crippen LogP contribution is 2.30. The van der Waals surface area contributed by atoms with Gasteiger partial charge in [0.05, 0.1) is 18.5 Å². The number of aromatic nitrogens is 2. The van der Waals surface area contributed by atoms with Gasteiger partial charge in [-0.3, -0.25) is 4.79 Å². The van der Waals surface area contributed by atoms with E-state index in [0.717, 1.165) is 35.3 Å². The van der Waals surface area contributed by atoms with Crippen LogP contribution in [0.1, 0.15) is 29.7 Å². The molecule has 0 fully saturated rings. The van der Waals surface area contributed by atoms with Gasteiger partial charge in [-0.05, 0) is 61.6 Å². The number of ether oxygens (including phenoxy) is 2. The van der Waals surface area contributed by atoms with Crippen molar-refractivity contribution in [3.63, 3.8) is 0 Å². The monoisotopic (exact) mass is 475 g/mol. The zero-order valence-electron chi connectivity index (χ0n) is 19.2. The molecule has 0 atom stereocenters. The van der Waals surface area contributed by atoms with Crippen molar-refractivity contribution in [2.45, 2.75) is 38.8 Å². The highest BCUT2D eigenvalue weighted by atomic mass is 19.4. The van der Waals surface area contributed by atoms with E-state index in [9.17, 15) is 18.0 Å². The molecule has 182 valence electrons. The van der Waals surface area contributed by atoms with Gasteiger partial charge in [0.1, 0.15) is 0 Å². The van der Waals surface area contributed by atoms with E-state index in [2.05, 4.69) is 10.4 Å². The molecule has 0 bridgehead atoms. The molecule has 0 aliphatic rings. The molecule has 1 aromatic heterocycles. The van der Waals surface area contributed by atoms with Crippen molar-refractivity contribution in [3.05, 3.63) is 71.5 Å². The number of alkyl halides is 3. The first-order chi connectivity index (χ1) is 16.2. The van der Waals surface area contributed by atoms with Crippen LogP contribution in [0.3, 0.4) is 0 Å². The SMILES string of the molecule is COc1cc(CCC(=O)NCCCc2cn(-c3ccccc3)nc2C)ccc1OCC(F)(F)F. The average molecular weight is 476 g/mol. The lowest BCUT2D eigenvalue weighted by atomic mass is 10.1. The van der Waals surface area contributed by atoms with Gasteiger partial charge in [0.15, 0.2) is 18.1 Å². The minimum absolute atomic E-state index is 0.0129. The van der Waals surface area contributed by atoms with Crippen LogP contribution in [-0.2, 0) is 17.6 Å². The third-order valence-electron chi connectivity index (χ3n) is 5.23. The fraction of sp³-hybridized carbons (Fsp3) is 0.360. The standard InChI is InChI=1S/C25H28F3N3O3/c1-18-20(16-31(30-18)21-8-4-3-5-9-21)7-6-14-29-24(32)13-11-19-10-12-22(23(15-19)33-2)34-17-25(26,27)28/h3-5,8-10,12,15-16H,6-7,11,13-14,17H2,1-2H3,(H,29,32). The number of para-hydroxylation sites is 1. The van der Waals surface area contributed by atoms with Crippen LogP contribution in [0.5, 0.6) is 11.5 Å². The molecule has 0 saturated carbocycles. The molecule has 34 heavy (non-hydrogen) atoms. The first-order valence-electron chi connectivity index (χ1n) is 11.0. The predicted octanol–water partition coefficient (Wildman–Crippen LogP) is 4.81. The third kappa shape index (κ3) is 7.54. The number of aryl methyl sites for hydroxylation is 3. The summed E-state index contributed by atoms with van der Waals surface area (Å²) in [5.74, 6) is 0.126. The Morgan fingerprint density at radius 3 is 2.56 bits per heavy atom. The number of hydrogen-bond acceptors (Lipinski definition) is 4. The molecule has 1 N–H and O–H groups in total. The number of nitrogens with one attached hydrogen (secondary N) is 1. The van der Waals surface area contributed by atoms with Crippen LogP contribution in [0.25, 0.3) is 5.69 Å². The Labute approximate surface area is 196 Å². The topological polar surface area (TPSA) is 65.4 Å². The summed E-state index contributed by atoms with van der Waals surface area (Å²) in [6.07, 6.45) is -0.131. The quantitative estimate of drug-likeness (QED) is 0.404. The van der Waals surface area contributed by atoms with Crippen molar-refractivity contribution in [2.75, 3.05) is 20.3 Å². The number of amides is 1. The van der Waals surface area contributed by atoms with Gasteiger partial charge in [0, 0.05) is 19.2 Å². The normalized spacial score (nSPS) is 11.3. The summed E-state index contributed by atoms with van der Waals surface area (Å²) < 4.78 is 48.9. The van der Waals surface area contributed by atoms with Crippen LogP contribution in [0.15, 0.2) is 54.7 Å². The van der Waals surface area contributed by atoms with E-state index in [1.54, 1.807) is 12.1 Å². The number of halogens is 3. The molecule has 3 rings (SSSR count). The Bertz CT molecular complexity index is 1080. The van der Waals surface area contributed by atoms with E-state index in [-0.39, 0.29) is 23.8 Å². The van der Waals surface area contributed by atoms with Crippen molar-refractivity contribution in [1.82, 2.24) is 15.1 Å². The molecular formula is C25H28F3N3O3. The molecule has 0 aliphatic heterocycles. The Balaban J connectivity index is 1.41. The molecular weight excluding hydrogens is 447 g/mol. The molecule has 0 unspecified atom stereocenters. The second-order valence-corrected chi connectivity index (χ2v) is 7.86. The summed E-state index contributed by atoms with van der Waals surface area (Å²) in [5.41, 5.74) is 3.88. The van der Waals surface area contributed by atoms with Gasteiger partial charge in [-0.2, -0.15) is 18.3 Å². The number of hydrogen-bond donors (Lipinski definition) is 1. The highest BCUT2D eigenvalue weighted by molar-refractivity contribution is 5.76. The van der Waals surface area contributed by atoms with E-state index in [0.29, 0.717) is 13.0 Å². The number of carbonyl (C=O) groups is 1. The van der Waals surface area contributed by atoms with Gasteiger partial charge < -0.3 is 14.8 Å². The zero-order valence-corrected chi connectivity index (χ0v) is 19.2. The van der Waals surface area contributed by atoms with Crippen LogP contribution in [0, 0.1) is 6.92 Å². The number of methoxy groups -OCH3 is 1. The summed E-state index contributed by atoms with van der Waals surface area (Å²) in [6.45, 7) is 1.13. The molecule has 1 amide bonds. The van der Waals surface area contributed by atoms with Crippen LogP contribution in [0.4, 0.5) is 13.2 Å². The third-order valence-corrected chi connectivity index (χ3v) is 5.23. The smallest absolute Gasteiger partial charge is 0.422 e. The Morgan fingerprint density at radius 2 is 1.85 bits per heavy atom. The largest absolute Gasteiger partial charge is 0.493 e. The zero-order chi connectivity index (χ0) is 24.6. The van der Waals surface area contributed by atoms with E-state index in [4.69, 9.17) is 9.47 Å². The van der Waals surface area contributed by atoms with Crippen LogP contribution < -0.4 is 14.8 Å². The van der Waals surface area contributed by atoms with Crippen molar-refractivity contribution < 1.29 is 27.4 Å². The molecule has 2 aromatic carbocycles. The fourth-order valence-corrected chi connectivity index (χ4v) is 3.45. The number of nitrogens with zero attached hydrogens (tertiary/aromatic N) is 2. The minimum Gasteiger partial charge on any atom is -0.493 e. The first-order valence-corrected chi connectivity index (χ1v) is 11.0. The van der Waals surface area contributed by atoms with Gasteiger partial charge in [-0.1, -0.05) is 24.3 Å². The van der Waals surface area contributed by atoms with Crippen molar-refractivity contribution in [3.8, 4) is 17.2 Å². The van der Waals surface area contributed by atoms with Crippen molar-refractivity contribution in [2.24, 2.45) is 0 Å². The summed E-state index contributed by atoms with van der Waals surface area (Å²) in [7, 11) is 1.36. The molecule has 1 heterocycles. The Hall–Kier alpha value is -3.49. The maximum absolute atomic E-state index is 12.4. The number of benzene rings is 2. The van der Waals surface area contributed by atoms with Gasteiger partial charge in [-0.15, -0.1) is 0 Å². The highest BCUT2D eigenvalue weighted by Gasteiger charge is 2.29. The van der Waals surface area contributed by atoms with Crippen molar-refractivity contribution in [1.29, 1.82) is 0 Å². The van der Waals surface area contributed by atoms with Crippen LogP contribution in [-0.4, -0.2) is 42.1 Å². The summed E-state index contributed by atoms with van der Waals surface area (Å²) in [6, 6.07) is 14.5. The molecule has 0 spiro atoms. The first kappa shape index (κ1) is 25.1. The summed E-state index contributed by atoms with van der Waals surface area (Å²) >= 11 is 0. The molecule has 3 aromatic rings. The van der Waals surface area contributed by atoms with E-state index in [1.807, 2.05) is 48.1 Å². The lowest BCUT2D eigenvalue weighted by molar-refractivity contribution is -0.153. The van der Waals surface area contributed by atoms with Gasteiger partial charge >= 0.3 is 6.18 Å². The lowest BCUT2D eigenvalue weighted by Gasteiger charge is -2.13. The number of rotatable bonds is 11. The molecule has 6 nitrogen and oxygen atoms in total. The lowest BCUT2D eigenvalue weighted by Crippen LogP contribution is -2.25. The van der Waals surface area contributed by atoms with E-state index < -0.39 is 12.8 Å². The minimum atomic E-state index is -4.43.